The highest BCUT2D eigenvalue weighted by Gasteiger charge is 2.21. The largest absolute Gasteiger partial charge is 0.322 e. The smallest absolute Gasteiger partial charge is 0.263 e. The van der Waals surface area contributed by atoms with Crippen molar-refractivity contribution < 1.29 is 21.6 Å². The molecule has 4 rings (SSSR count). The molecule has 0 spiro atoms. The first-order valence-corrected chi connectivity index (χ1v) is 15.2. The van der Waals surface area contributed by atoms with Gasteiger partial charge in [-0.05, 0) is 85.3 Å². The molecule has 8 nitrogen and oxygen atoms in total. The van der Waals surface area contributed by atoms with Gasteiger partial charge in [0, 0.05) is 27.0 Å². The highest BCUT2D eigenvalue weighted by molar-refractivity contribution is 7.93. The average Bonchev–Trinajstić information content (AvgIpc) is 2.83. The summed E-state index contributed by atoms with van der Waals surface area (Å²) < 4.78 is 56.2. The Balaban J connectivity index is 1.50. The van der Waals surface area contributed by atoms with E-state index in [1.54, 1.807) is 18.2 Å². The van der Waals surface area contributed by atoms with Crippen LogP contribution in [0.4, 0.5) is 17.1 Å². The van der Waals surface area contributed by atoms with Crippen LogP contribution in [0, 0.1) is 6.92 Å². The minimum atomic E-state index is -4.10. The lowest BCUT2D eigenvalue weighted by Gasteiger charge is -2.12. The molecule has 39 heavy (non-hydrogen) atoms. The molecule has 4 aromatic rings. The molecule has 0 bridgehead atoms. The van der Waals surface area contributed by atoms with Crippen LogP contribution in [0.3, 0.4) is 0 Å². The summed E-state index contributed by atoms with van der Waals surface area (Å²) >= 11 is 18.0. The fourth-order valence-corrected chi connectivity index (χ4v) is 6.66. The van der Waals surface area contributed by atoms with Crippen LogP contribution in [-0.2, 0) is 20.0 Å². The number of aryl methyl sites for hydroxylation is 1. The Morgan fingerprint density at radius 3 is 1.95 bits per heavy atom. The monoisotopic (exact) mass is 623 g/mol. The molecule has 202 valence electrons. The van der Waals surface area contributed by atoms with Crippen LogP contribution < -0.4 is 14.8 Å². The van der Waals surface area contributed by atoms with E-state index in [4.69, 9.17) is 34.8 Å². The highest BCUT2D eigenvalue weighted by Crippen LogP contribution is 2.27. The number of rotatable bonds is 8. The van der Waals surface area contributed by atoms with Crippen molar-refractivity contribution in [2.75, 3.05) is 14.8 Å². The molecule has 0 aliphatic heterocycles. The number of hydrogen-bond donors (Lipinski definition) is 3. The quantitative estimate of drug-likeness (QED) is 0.199. The second-order valence-electron chi connectivity index (χ2n) is 8.36. The van der Waals surface area contributed by atoms with Gasteiger partial charge in [-0.2, -0.15) is 0 Å². The number of carbonyl (C=O) groups excluding carboxylic acids is 1. The standard InChI is InChI=1S/C26H20Cl3N3O5S2/c1-16-3-2-4-21(11-16)31-39(36,37)25-12-17(5-10-24(25)29)26(33)30-20-6-8-23(9-7-20)38(34,35)32-22-14-18(27)13-19(28)15-22/h2-15,31-32H,1H3,(H,30,33). The summed E-state index contributed by atoms with van der Waals surface area (Å²) in [5.41, 5.74) is 1.71. The summed E-state index contributed by atoms with van der Waals surface area (Å²) in [6, 6.07) is 20.3. The molecule has 0 aromatic heterocycles. The minimum absolute atomic E-state index is 0.0280. The van der Waals surface area contributed by atoms with Gasteiger partial charge in [-0.3, -0.25) is 14.2 Å². The number of benzene rings is 4. The number of hydrogen-bond acceptors (Lipinski definition) is 5. The number of halogens is 3. The maximum Gasteiger partial charge on any atom is 0.263 e. The topological polar surface area (TPSA) is 121 Å². The zero-order valence-electron chi connectivity index (χ0n) is 20.1. The molecule has 3 N–H and O–H groups in total. The molecule has 0 heterocycles. The van der Waals surface area contributed by atoms with Crippen LogP contribution in [0.1, 0.15) is 15.9 Å². The number of anilines is 3. The first kappa shape index (κ1) is 28.7. The van der Waals surface area contributed by atoms with Gasteiger partial charge in [0.05, 0.1) is 15.6 Å². The van der Waals surface area contributed by atoms with Gasteiger partial charge in [0.25, 0.3) is 26.0 Å². The molecule has 0 saturated carbocycles. The molecule has 0 atom stereocenters. The first-order chi connectivity index (χ1) is 18.3. The fraction of sp³-hybridized carbons (Fsp3) is 0.0385. The Morgan fingerprint density at radius 1 is 0.667 bits per heavy atom. The minimum Gasteiger partial charge on any atom is -0.322 e. The van der Waals surface area contributed by atoms with Gasteiger partial charge in [0.15, 0.2) is 0 Å². The molecule has 0 saturated heterocycles. The van der Waals surface area contributed by atoms with E-state index >= 15 is 0 Å². The SMILES string of the molecule is Cc1cccc(NS(=O)(=O)c2cc(C(=O)Nc3ccc(S(=O)(=O)Nc4cc(Cl)cc(Cl)c4)cc3)ccc2Cl)c1. The first-order valence-electron chi connectivity index (χ1n) is 11.1. The van der Waals surface area contributed by atoms with E-state index in [1.165, 1.54) is 54.6 Å². The van der Waals surface area contributed by atoms with E-state index in [0.29, 0.717) is 5.69 Å². The van der Waals surface area contributed by atoms with Crippen LogP contribution in [-0.4, -0.2) is 22.7 Å². The van der Waals surface area contributed by atoms with Gasteiger partial charge in [-0.25, -0.2) is 16.8 Å². The number of carbonyl (C=O) groups is 1. The van der Waals surface area contributed by atoms with Gasteiger partial charge in [-0.15, -0.1) is 0 Å². The van der Waals surface area contributed by atoms with Crippen LogP contribution in [0.15, 0.2) is 94.7 Å². The van der Waals surface area contributed by atoms with E-state index in [2.05, 4.69) is 14.8 Å². The third-order valence-electron chi connectivity index (χ3n) is 5.29. The Labute approximate surface area is 241 Å². The molecule has 0 unspecified atom stereocenters. The Morgan fingerprint density at radius 2 is 1.31 bits per heavy atom. The van der Waals surface area contributed by atoms with Crippen molar-refractivity contribution in [3.63, 3.8) is 0 Å². The predicted molar refractivity (Wildman–Crippen MR) is 155 cm³/mol. The molecule has 1 amide bonds. The maximum absolute atomic E-state index is 13.0. The summed E-state index contributed by atoms with van der Waals surface area (Å²) in [5.74, 6) is -0.624. The van der Waals surface area contributed by atoms with Gasteiger partial charge >= 0.3 is 0 Å². The van der Waals surface area contributed by atoms with Gasteiger partial charge in [-0.1, -0.05) is 46.9 Å². The fourth-order valence-electron chi connectivity index (χ4n) is 3.52. The number of sulfonamides is 2. The molecule has 0 aliphatic carbocycles. The normalized spacial score (nSPS) is 11.6. The van der Waals surface area contributed by atoms with Crippen molar-refractivity contribution in [2.45, 2.75) is 16.7 Å². The van der Waals surface area contributed by atoms with E-state index in [0.717, 1.165) is 11.6 Å². The third-order valence-corrected chi connectivity index (χ3v) is 8.99. The average molecular weight is 625 g/mol. The lowest BCUT2D eigenvalue weighted by atomic mass is 10.2. The molecule has 0 aliphatic rings. The summed E-state index contributed by atoms with van der Waals surface area (Å²) in [7, 11) is -8.06. The second kappa shape index (κ2) is 11.4. The van der Waals surface area contributed by atoms with Gasteiger partial charge < -0.3 is 5.32 Å². The van der Waals surface area contributed by atoms with Gasteiger partial charge in [0.1, 0.15) is 4.90 Å². The molecular formula is C26H20Cl3N3O5S2. The zero-order valence-corrected chi connectivity index (χ0v) is 24.0. The Kier molecular flexibility index (Phi) is 8.43. The Hall–Kier alpha value is -3.28. The Bertz CT molecular complexity index is 1760. The molecule has 13 heteroatoms. The van der Waals surface area contributed by atoms with Crippen molar-refractivity contribution in [1.29, 1.82) is 0 Å². The van der Waals surface area contributed by atoms with E-state index in [9.17, 15) is 21.6 Å². The predicted octanol–water partition coefficient (Wildman–Crippen LogP) is 6.81. The zero-order chi connectivity index (χ0) is 28.4. The maximum atomic E-state index is 13.0. The molecule has 0 fully saturated rings. The van der Waals surface area contributed by atoms with E-state index in [-0.39, 0.29) is 41.8 Å². The highest BCUT2D eigenvalue weighted by atomic mass is 35.5. The van der Waals surface area contributed by atoms with E-state index in [1.807, 2.05) is 13.0 Å². The number of nitrogens with one attached hydrogen (secondary N) is 3. The van der Waals surface area contributed by atoms with Crippen molar-refractivity contribution >= 4 is 77.8 Å². The second-order valence-corrected chi connectivity index (χ2v) is 13.0. The number of amides is 1. The van der Waals surface area contributed by atoms with Gasteiger partial charge in [0.2, 0.25) is 0 Å². The summed E-state index contributed by atoms with van der Waals surface area (Å²) in [4.78, 5) is 12.5. The van der Waals surface area contributed by atoms with Crippen LogP contribution >= 0.6 is 34.8 Å². The lowest BCUT2D eigenvalue weighted by molar-refractivity contribution is 0.102. The lowest BCUT2D eigenvalue weighted by Crippen LogP contribution is -2.17. The molecular weight excluding hydrogens is 605 g/mol. The molecule has 0 radical (unpaired) electrons. The van der Waals surface area contributed by atoms with Crippen LogP contribution in [0.25, 0.3) is 0 Å². The van der Waals surface area contributed by atoms with Crippen molar-refractivity contribution in [3.05, 3.63) is 111 Å². The van der Waals surface area contributed by atoms with Crippen LogP contribution in [0.2, 0.25) is 15.1 Å². The molecule has 4 aromatic carbocycles. The van der Waals surface area contributed by atoms with E-state index < -0.39 is 26.0 Å². The van der Waals surface area contributed by atoms with Crippen LogP contribution in [0.5, 0.6) is 0 Å². The summed E-state index contributed by atoms with van der Waals surface area (Å²) in [6.07, 6.45) is 0. The summed E-state index contributed by atoms with van der Waals surface area (Å²) in [6.45, 7) is 1.82. The van der Waals surface area contributed by atoms with Crippen molar-refractivity contribution in [1.82, 2.24) is 0 Å². The van der Waals surface area contributed by atoms with Crippen molar-refractivity contribution in [2.24, 2.45) is 0 Å². The summed E-state index contributed by atoms with van der Waals surface area (Å²) in [5, 5.41) is 3.08. The van der Waals surface area contributed by atoms with Crippen molar-refractivity contribution in [3.8, 4) is 0 Å². The third kappa shape index (κ3) is 7.23.